The number of hydrogen-bond acceptors (Lipinski definition) is 6. The third-order valence-electron chi connectivity index (χ3n) is 9.87. The van der Waals surface area contributed by atoms with Crippen molar-refractivity contribution in [2.24, 2.45) is 17.8 Å². The molecule has 3 unspecified atom stereocenters. The van der Waals surface area contributed by atoms with Crippen molar-refractivity contribution in [3.05, 3.63) is 118 Å². The Morgan fingerprint density at radius 2 is 1.00 bits per heavy atom. The normalized spacial score (nSPS) is 17.7. The molecule has 0 amide bonds. The molecule has 1 fully saturated rings. The molecule has 0 aromatic heterocycles. The lowest BCUT2D eigenvalue weighted by molar-refractivity contribution is -0.137. The van der Waals surface area contributed by atoms with E-state index in [4.69, 9.17) is 23.7 Å². The SMILES string of the molecule is COc1ccc(C(OCC2C(C)C2C(=O)Oc2c(C(C)(C)C)cc(C)cc2C(C)(C)C)(c2ccc(OC)cc2)c2ccc(OC)cc2)cc1. The molecule has 0 radical (unpaired) electrons. The van der Waals surface area contributed by atoms with Crippen LogP contribution in [0.2, 0.25) is 0 Å². The molecule has 4 aromatic rings. The smallest absolute Gasteiger partial charge is 0.315 e. The van der Waals surface area contributed by atoms with E-state index in [0.717, 1.165) is 50.6 Å². The zero-order valence-electron chi connectivity index (χ0n) is 31.0. The molecular weight excluding hydrogens is 612 g/mol. The summed E-state index contributed by atoms with van der Waals surface area (Å²) in [6.07, 6.45) is 0. The van der Waals surface area contributed by atoms with Gasteiger partial charge in [0.25, 0.3) is 0 Å². The lowest BCUT2D eigenvalue weighted by atomic mass is 9.78. The van der Waals surface area contributed by atoms with Crippen LogP contribution in [0.5, 0.6) is 23.0 Å². The second-order valence-corrected chi connectivity index (χ2v) is 15.3. The van der Waals surface area contributed by atoms with Crippen LogP contribution in [-0.2, 0) is 26.0 Å². The summed E-state index contributed by atoms with van der Waals surface area (Å²) in [7, 11) is 4.97. The van der Waals surface area contributed by atoms with E-state index in [9.17, 15) is 4.79 Å². The number of rotatable bonds is 11. The van der Waals surface area contributed by atoms with Gasteiger partial charge in [-0.1, -0.05) is 103 Å². The lowest BCUT2D eigenvalue weighted by Crippen LogP contribution is -2.34. The summed E-state index contributed by atoms with van der Waals surface area (Å²) < 4.78 is 30.1. The topological polar surface area (TPSA) is 63.2 Å². The Kier molecular flexibility index (Phi) is 10.2. The monoisotopic (exact) mass is 664 g/mol. The zero-order chi connectivity index (χ0) is 35.7. The number of hydrogen-bond donors (Lipinski definition) is 0. The highest BCUT2D eigenvalue weighted by atomic mass is 16.5. The maximum Gasteiger partial charge on any atom is 0.315 e. The number of esters is 1. The molecule has 0 spiro atoms. The van der Waals surface area contributed by atoms with Crippen molar-refractivity contribution < 1.29 is 28.5 Å². The Morgan fingerprint density at radius 1 is 0.633 bits per heavy atom. The van der Waals surface area contributed by atoms with E-state index in [1.807, 2.05) is 72.8 Å². The Balaban J connectivity index is 1.52. The first-order valence-corrected chi connectivity index (χ1v) is 17.1. The molecule has 0 saturated heterocycles. The summed E-state index contributed by atoms with van der Waals surface area (Å²) in [6, 6.07) is 28.2. The van der Waals surface area contributed by atoms with Gasteiger partial charge in [-0.25, -0.2) is 0 Å². The Hall–Kier alpha value is -4.29. The van der Waals surface area contributed by atoms with Crippen molar-refractivity contribution >= 4 is 5.97 Å². The zero-order valence-corrected chi connectivity index (χ0v) is 31.0. The molecule has 3 atom stereocenters. The molecule has 6 heteroatoms. The van der Waals surface area contributed by atoms with E-state index in [0.29, 0.717) is 12.4 Å². The largest absolute Gasteiger partial charge is 0.497 e. The number of methoxy groups -OCH3 is 3. The molecule has 1 aliphatic rings. The van der Waals surface area contributed by atoms with Crippen LogP contribution in [0.4, 0.5) is 0 Å². The molecule has 4 aromatic carbocycles. The van der Waals surface area contributed by atoms with Gasteiger partial charge >= 0.3 is 5.97 Å². The summed E-state index contributed by atoms with van der Waals surface area (Å²) in [5, 5.41) is 0. The van der Waals surface area contributed by atoms with Crippen LogP contribution in [-0.4, -0.2) is 33.9 Å². The quantitative estimate of drug-likeness (QED) is 0.0905. The first kappa shape index (κ1) is 36.0. The van der Waals surface area contributed by atoms with Crippen molar-refractivity contribution in [1.29, 1.82) is 0 Å². The predicted octanol–water partition coefficient (Wildman–Crippen LogP) is 9.41. The summed E-state index contributed by atoms with van der Waals surface area (Å²) >= 11 is 0. The fourth-order valence-electron chi connectivity index (χ4n) is 6.80. The van der Waals surface area contributed by atoms with Gasteiger partial charge in [-0.2, -0.15) is 0 Å². The second kappa shape index (κ2) is 13.9. The fraction of sp³-hybridized carbons (Fsp3) is 0.419. The minimum atomic E-state index is -1.00. The maximum absolute atomic E-state index is 14.1. The molecule has 6 nitrogen and oxygen atoms in total. The van der Waals surface area contributed by atoms with Crippen LogP contribution in [0.25, 0.3) is 0 Å². The van der Waals surface area contributed by atoms with Gasteiger partial charge in [-0.05, 0) is 82.7 Å². The van der Waals surface area contributed by atoms with Crippen molar-refractivity contribution in [3.63, 3.8) is 0 Å². The van der Waals surface area contributed by atoms with Gasteiger partial charge < -0.3 is 23.7 Å². The molecule has 1 saturated carbocycles. The molecule has 0 bridgehead atoms. The fourth-order valence-corrected chi connectivity index (χ4v) is 6.80. The van der Waals surface area contributed by atoms with Crippen molar-refractivity contribution in [2.45, 2.75) is 71.8 Å². The van der Waals surface area contributed by atoms with Gasteiger partial charge in [0, 0.05) is 11.1 Å². The average molecular weight is 665 g/mol. The summed E-state index contributed by atoms with van der Waals surface area (Å²) in [4.78, 5) is 14.1. The van der Waals surface area contributed by atoms with Gasteiger partial charge in [0.2, 0.25) is 0 Å². The summed E-state index contributed by atoms with van der Waals surface area (Å²) in [5.41, 5.74) is 4.64. The highest BCUT2D eigenvalue weighted by molar-refractivity contribution is 5.80. The maximum atomic E-state index is 14.1. The van der Waals surface area contributed by atoms with Crippen molar-refractivity contribution in [2.75, 3.05) is 27.9 Å². The molecule has 1 aliphatic carbocycles. The number of benzene rings is 4. The molecule has 0 heterocycles. The van der Waals surface area contributed by atoms with Crippen LogP contribution in [0.15, 0.2) is 84.9 Å². The first-order chi connectivity index (χ1) is 23.1. The van der Waals surface area contributed by atoms with Crippen LogP contribution >= 0.6 is 0 Å². The molecular formula is C43H52O6. The number of carbonyl (C=O) groups is 1. The predicted molar refractivity (Wildman–Crippen MR) is 195 cm³/mol. The van der Waals surface area contributed by atoms with Crippen LogP contribution < -0.4 is 18.9 Å². The molecule has 49 heavy (non-hydrogen) atoms. The highest BCUT2D eigenvalue weighted by Gasteiger charge is 2.54. The van der Waals surface area contributed by atoms with Gasteiger partial charge in [-0.3, -0.25) is 4.79 Å². The first-order valence-electron chi connectivity index (χ1n) is 17.1. The van der Waals surface area contributed by atoms with Gasteiger partial charge in [0.15, 0.2) is 0 Å². The molecule has 0 N–H and O–H groups in total. The Labute approximate surface area is 292 Å². The van der Waals surface area contributed by atoms with Gasteiger partial charge in [0.05, 0.1) is 33.9 Å². The average Bonchev–Trinajstić information content (AvgIpc) is 3.74. The molecule has 0 aliphatic heterocycles. The number of aryl methyl sites for hydroxylation is 1. The van der Waals surface area contributed by atoms with E-state index >= 15 is 0 Å². The number of carbonyl (C=O) groups excluding carboxylic acids is 1. The Morgan fingerprint density at radius 3 is 1.33 bits per heavy atom. The van der Waals surface area contributed by atoms with E-state index < -0.39 is 5.60 Å². The van der Waals surface area contributed by atoms with Crippen LogP contribution in [0.3, 0.4) is 0 Å². The molecule has 260 valence electrons. The highest BCUT2D eigenvalue weighted by Crippen LogP contribution is 2.51. The lowest BCUT2D eigenvalue weighted by Gasteiger charge is -2.36. The van der Waals surface area contributed by atoms with E-state index in [1.165, 1.54) is 0 Å². The minimum absolute atomic E-state index is 0.0248. The van der Waals surface area contributed by atoms with Crippen LogP contribution in [0.1, 0.15) is 81.8 Å². The Bertz CT molecular complexity index is 1590. The minimum Gasteiger partial charge on any atom is -0.497 e. The van der Waals surface area contributed by atoms with E-state index in [2.05, 4.69) is 67.5 Å². The summed E-state index contributed by atoms with van der Waals surface area (Å²) in [6.45, 7) is 17.6. The van der Waals surface area contributed by atoms with E-state index in [-0.39, 0.29) is 34.6 Å². The summed E-state index contributed by atoms with van der Waals surface area (Å²) in [5.74, 6) is 2.52. The number of ether oxygens (including phenoxy) is 5. The standard InChI is InChI=1S/C43H52O6/c1-27-24-36(41(3,4)5)39(37(25-27)42(6,7)8)49-40(44)38-28(2)35(38)26-48-43(29-12-18-32(45-9)19-13-29,30-14-20-33(46-10)21-15-30)31-16-22-34(47-11)23-17-31/h12-25,28,35,38H,26H2,1-11H3. The van der Waals surface area contributed by atoms with Gasteiger partial charge in [-0.15, -0.1) is 0 Å². The second-order valence-electron chi connectivity index (χ2n) is 15.3. The van der Waals surface area contributed by atoms with Gasteiger partial charge in [0.1, 0.15) is 28.6 Å². The third-order valence-corrected chi connectivity index (χ3v) is 9.87. The van der Waals surface area contributed by atoms with Crippen LogP contribution in [0, 0.1) is 24.7 Å². The molecule has 5 rings (SSSR count). The van der Waals surface area contributed by atoms with Crippen molar-refractivity contribution in [1.82, 2.24) is 0 Å². The third kappa shape index (κ3) is 7.35. The van der Waals surface area contributed by atoms with E-state index in [1.54, 1.807) is 21.3 Å². The van der Waals surface area contributed by atoms with Crippen molar-refractivity contribution in [3.8, 4) is 23.0 Å².